The van der Waals surface area contributed by atoms with Crippen molar-refractivity contribution in [2.24, 2.45) is 0 Å². The van der Waals surface area contributed by atoms with Gasteiger partial charge in [0.25, 0.3) is 0 Å². The molecule has 0 unspecified atom stereocenters. The average Bonchev–Trinajstić information content (AvgIpc) is 2.41. The molecular weight excluding hydrogens is 283 g/mol. The van der Waals surface area contributed by atoms with Crippen molar-refractivity contribution in [1.82, 2.24) is 0 Å². The van der Waals surface area contributed by atoms with Gasteiger partial charge in [-0.05, 0) is 35.9 Å². The normalized spacial score (nSPS) is 11.1. The average molecular weight is 293 g/mol. The predicted octanol–water partition coefficient (Wildman–Crippen LogP) is 3.17. The number of hydrogen-bond donors (Lipinski definition) is 0. The van der Waals surface area contributed by atoms with Crippen molar-refractivity contribution < 1.29 is 22.1 Å². The van der Waals surface area contributed by atoms with E-state index < -0.39 is 20.8 Å². The first kappa shape index (κ1) is 14.2. The Morgan fingerprint density at radius 2 is 1.80 bits per heavy atom. The van der Waals surface area contributed by atoms with Crippen LogP contribution in [0.1, 0.15) is 5.56 Å². The van der Waals surface area contributed by atoms with Crippen molar-refractivity contribution in [3.8, 4) is 11.5 Å². The van der Waals surface area contributed by atoms with Gasteiger partial charge in [0, 0.05) is 0 Å². The molecular formula is C14H10FO4S-. The minimum absolute atomic E-state index is 0.163. The summed E-state index contributed by atoms with van der Waals surface area (Å²) in [7, 11) is -4.68. The van der Waals surface area contributed by atoms with E-state index in [0.717, 1.165) is 17.7 Å². The fraction of sp³-hybridized carbons (Fsp3) is 0. The summed E-state index contributed by atoms with van der Waals surface area (Å²) in [4.78, 5) is -0.635. The Bertz CT molecular complexity index is 736. The standard InChI is InChI=1S/C14H11FO4S/c1-2-10-3-5-11(6-4-10)19-14-8-7-12(9-13(14)15)20(16,17)18/h2-9H,1H2,(H,16,17,18)/p-1. The van der Waals surface area contributed by atoms with E-state index in [2.05, 4.69) is 6.58 Å². The molecule has 0 amide bonds. The molecule has 0 N–H and O–H groups in total. The predicted molar refractivity (Wildman–Crippen MR) is 71.0 cm³/mol. The summed E-state index contributed by atoms with van der Waals surface area (Å²) < 4.78 is 51.2. The molecule has 0 heterocycles. The van der Waals surface area contributed by atoms with Crippen molar-refractivity contribution >= 4 is 16.2 Å². The molecule has 0 aliphatic rings. The van der Waals surface area contributed by atoms with Crippen molar-refractivity contribution in [3.63, 3.8) is 0 Å². The largest absolute Gasteiger partial charge is 0.744 e. The molecule has 2 rings (SSSR count). The third-order valence-electron chi connectivity index (χ3n) is 2.54. The zero-order chi connectivity index (χ0) is 14.8. The van der Waals surface area contributed by atoms with Crippen LogP contribution < -0.4 is 4.74 Å². The molecule has 20 heavy (non-hydrogen) atoms. The number of rotatable bonds is 4. The monoisotopic (exact) mass is 293 g/mol. The van der Waals surface area contributed by atoms with Gasteiger partial charge in [-0.2, -0.15) is 0 Å². The van der Waals surface area contributed by atoms with Crippen LogP contribution in [0.2, 0.25) is 0 Å². The lowest BCUT2D eigenvalue weighted by atomic mass is 10.2. The Hall–Kier alpha value is -2.18. The third kappa shape index (κ3) is 3.23. The van der Waals surface area contributed by atoms with E-state index >= 15 is 0 Å². The number of halogens is 1. The van der Waals surface area contributed by atoms with Crippen LogP contribution in [0.5, 0.6) is 11.5 Å². The van der Waals surface area contributed by atoms with Crippen LogP contribution in [0, 0.1) is 5.82 Å². The highest BCUT2D eigenvalue weighted by molar-refractivity contribution is 7.85. The van der Waals surface area contributed by atoms with Crippen molar-refractivity contribution in [2.45, 2.75) is 4.90 Å². The van der Waals surface area contributed by atoms with Crippen LogP contribution in [0.25, 0.3) is 6.08 Å². The molecule has 0 aromatic heterocycles. The Balaban J connectivity index is 2.27. The maximum absolute atomic E-state index is 13.7. The van der Waals surface area contributed by atoms with Crippen molar-refractivity contribution in [2.75, 3.05) is 0 Å². The highest BCUT2D eigenvalue weighted by atomic mass is 32.2. The zero-order valence-electron chi connectivity index (χ0n) is 10.2. The molecule has 2 aromatic rings. The number of benzene rings is 2. The van der Waals surface area contributed by atoms with Gasteiger partial charge in [-0.25, -0.2) is 12.8 Å². The molecule has 0 aliphatic carbocycles. The van der Waals surface area contributed by atoms with Gasteiger partial charge >= 0.3 is 0 Å². The van der Waals surface area contributed by atoms with Crippen LogP contribution >= 0.6 is 0 Å². The van der Waals surface area contributed by atoms with Crippen molar-refractivity contribution in [3.05, 3.63) is 60.4 Å². The van der Waals surface area contributed by atoms with Gasteiger partial charge in [-0.3, -0.25) is 0 Å². The Morgan fingerprint density at radius 3 is 2.30 bits per heavy atom. The third-order valence-corrected chi connectivity index (χ3v) is 3.37. The smallest absolute Gasteiger partial charge is 0.166 e. The highest BCUT2D eigenvalue weighted by Crippen LogP contribution is 2.26. The topological polar surface area (TPSA) is 66.4 Å². The van der Waals surface area contributed by atoms with E-state index in [9.17, 15) is 17.4 Å². The van der Waals surface area contributed by atoms with Gasteiger partial charge in [0.05, 0.1) is 4.90 Å². The van der Waals surface area contributed by atoms with Gasteiger partial charge in [-0.1, -0.05) is 24.8 Å². The van der Waals surface area contributed by atoms with Gasteiger partial charge in [0.15, 0.2) is 11.6 Å². The molecule has 4 nitrogen and oxygen atoms in total. The fourth-order valence-corrected chi connectivity index (χ4v) is 2.00. The van der Waals surface area contributed by atoms with E-state index in [1.165, 1.54) is 0 Å². The van der Waals surface area contributed by atoms with E-state index in [-0.39, 0.29) is 5.75 Å². The quantitative estimate of drug-likeness (QED) is 0.812. The first-order valence-corrected chi connectivity index (χ1v) is 6.97. The van der Waals surface area contributed by atoms with Crippen LogP contribution in [0.4, 0.5) is 4.39 Å². The van der Waals surface area contributed by atoms with Gasteiger partial charge in [0.2, 0.25) is 0 Å². The van der Waals surface area contributed by atoms with Gasteiger partial charge in [-0.15, -0.1) is 0 Å². The molecule has 0 saturated carbocycles. The maximum atomic E-state index is 13.7. The summed E-state index contributed by atoms with van der Waals surface area (Å²) in [5, 5.41) is 0. The fourth-order valence-electron chi connectivity index (χ4n) is 1.52. The van der Waals surface area contributed by atoms with E-state index in [1.54, 1.807) is 30.3 Å². The first-order valence-electron chi connectivity index (χ1n) is 5.56. The molecule has 0 atom stereocenters. The second-order valence-corrected chi connectivity index (χ2v) is 5.30. The van der Waals surface area contributed by atoms with Gasteiger partial charge in [0.1, 0.15) is 15.9 Å². The van der Waals surface area contributed by atoms with E-state index in [0.29, 0.717) is 11.8 Å². The zero-order valence-corrected chi connectivity index (χ0v) is 11.1. The van der Waals surface area contributed by atoms with Crippen LogP contribution in [-0.2, 0) is 10.1 Å². The molecule has 104 valence electrons. The summed E-state index contributed by atoms with van der Waals surface area (Å²) in [6.45, 7) is 3.60. The lowest BCUT2D eigenvalue weighted by Crippen LogP contribution is -1.99. The lowest BCUT2D eigenvalue weighted by molar-refractivity contribution is 0.438. The first-order chi connectivity index (χ1) is 9.40. The summed E-state index contributed by atoms with van der Waals surface area (Å²) in [5.74, 6) is -0.703. The summed E-state index contributed by atoms with van der Waals surface area (Å²) in [6.07, 6.45) is 1.65. The van der Waals surface area contributed by atoms with Crippen LogP contribution in [0.15, 0.2) is 53.9 Å². The van der Waals surface area contributed by atoms with Crippen molar-refractivity contribution in [1.29, 1.82) is 0 Å². The summed E-state index contributed by atoms with van der Waals surface area (Å²) >= 11 is 0. The minimum atomic E-state index is -4.68. The highest BCUT2D eigenvalue weighted by Gasteiger charge is 2.09. The second kappa shape index (κ2) is 5.44. The summed E-state index contributed by atoms with van der Waals surface area (Å²) in [5.41, 5.74) is 0.880. The van der Waals surface area contributed by atoms with Crippen LogP contribution in [0.3, 0.4) is 0 Å². The van der Waals surface area contributed by atoms with E-state index in [4.69, 9.17) is 4.74 Å². The van der Waals surface area contributed by atoms with Gasteiger partial charge < -0.3 is 9.29 Å². The SMILES string of the molecule is C=Cc1ccc(Oc2ccc(S(=O)(=O)[O-])cc2F)cc1. The number of ether oxygens (including phenoxy) is 1. The Labute approximate surface area is 115 Å². The summed E-state index contributed by atoms with van der Waals surface area (Å²) in [6, 6.07) is 9.44. The molecule has 0 fully saturated rings. The molecule has 6 heteroatoms. The Morgan fingerprint density at radius 1 is 1.15 bits per heavy atom. The maximum Gasteiger partial charge on any atom is 0.166 e. The Kier molecular flexibility index (Phi) is 3.87. The molecule has 0 bridgehead atoms. The number of hydrogen-bond acceptors (Lipinski definition) is 4. The molecule has 0 spiro atoms. The van der Waals surface area contributed by atoms with Crippen LogP contribution in [-0.4, -0.2) is 13.0 Å². The molecule has 0 radical (unpaired) electrons. The molecule has 2 aromatic carbocycles. The lowest BCUT2D eigenvalue weighted by Gasteiger charge is -2.10. The second-order valence-electron chi connectivity index (χ2n) is 3.92. The molecule has 0 aliphatic heterocycles. The molecule has 0 saturated heterocycles. The van der Waals surface area contributed by atoms with E-state index in [1.807, 2.05) is 0 Å². The minimum Gasteiger partial charge on any atom is -0.744 e.